The van der Waals surface area contributed by atoms with Gasteiger partial charge in [0.1, 0.15) is 5.41 Å². The van der Waals surface area contributed by atoms with E-state index in [1.165, 1.54) is 21.3 Å². The van der Waals surface area contributed by atoms with E-state index in [0.29, 0.717) is 39.0 Å². The van der Waals surface area contributed by atoms with E-state index < -0.39 is 28.8 Å². The molecule has 216 valence electrons. The Bertz CT molecular complexity index is 1630. The summed E-state index contributed by atoms with van der Waals surface area (Å²) in [5, 5.41) is 0.547. The third-order valence-corrected chi connectivity index (χ3v) is 9.05. The van der Waals surface area contributed by atoms with Crippen LogP contribution in [0.1, 0.15) is 58.5 Å². The first-order valence-electron chi connectivity index (χ1n) is 13.8. The van der Waals surface area contributed by atoms with Crippen molar-refractivity contribution in [2.75, 3.05) is 26.2 Å². The van der Waals surface area contributed by atoms with Gasteiger partial charge in [-0.05, 0) is 41.5 Å². The fraction of sp³-hybridized carbons (Fsp3) is 0.324. The topological polar surface area (TPSA) is 82.1 Å². The van der Waals surface area contributed by atoms with Crippen LogP contribution in [-0.4, -0.2) is 50.8 Å². The maximum absolute atomic E-state index is 14.8. The zero-order valence-electron chi connectivity index (χ0n) is 24.4. The van der Waals surface area contributed by atoms with E-state index in [-0.39, 0.29) is 17.3 Å². The number of methoxy groups -OCH3 is 3. The number of rotatable bonds is 5. The second kappa shape index (κ2) is 9.73. The number of nitrogens with zero attached hydrogens (tertiary/aromatic N) is 1. The zero-order chi connectivity index (χ0) is 30.1. The second-order valence-electron chi connectivity index (χ2n) is 12.0. The smallest absolute Gasteiger partial charge is 0.203 e. The van der Waals surface area contributed by atoms with Crippen molar-refractivity contribution < 1.29 is 28.6 Å². The van der Waals surface area contributed by atoms with Crippen molar-refractivity contribution in [3.63, 3.8) is 0 Å². The first-order chi connectivity index (χ1) is 20.0. The van der Waals surface area contributed by atoms with Crippen molar-refractivity contribution in [2.24, 2.45) is 10.8 Å². The number of fused-ring (bicyclic) bond motifs is 5. The lowest BCUT2D eigenvalue weighted by Crippen LogP contribution is -2.49. The van der Waals surface area contributed by atoms with E-state index in [9.17, 15) is 14.4 Å². The highest BCUT2D eigenvalue weighted by molar-refractivity contribution is 6.32. The Kier molecular flexibility index (Phi) is 6.50. The number of carbonyl (C=O) groups is 3. The Morgan fingerprint density at radius 1 is 0.881 bits per heavy atom. The molecule has 0 amide bonds. The van der Waals surface area contributed by atoms with Crippen LogP contribution in [0.5, 0.6) is 17.2 Å². The van der Waals surface area contributed by atoms with Crippen LogP contribution in [-0.2, 0) is 4.79 Å². The highest BCUT2D eigenvalue weighted by Gasteiger charge is 2.72. The maximum Gasteiger partial charge on any atom is 0.203 e. The SMILES string of the molecule is COc1cc([C@H]2[C@H](C(=O)C(C)(C)C)N3c4ccc(Cl)cc4C=C[C@H]3C23C(=O)c2ccccc2C3=O)cc(OC)c1OC. The fourth-order valence-electron chi connectivity index (χ4n) is 7.05. The summed E-state index contributed by atoms with van der Waals surface area (Å²) in [5.74, 6) is -0.484. The minimum Gasteiger partial charge on any atom is -0.493 e. The molecule has 7 nitrogen and oxygen atoms in total. The van der Waals surface area contributed by atoms with Crippen molar-refractivity contribution in [2.45, 2.75) is 38.8 Å². The van der Waals surface area contributed by atoms with Gasteiger partial charge in [-0.3, -0.25) is 14.4 Å². The molecule has 1 fully saturated rings. The van der Waals surface area contributed by atoms with Crippen LogP contribution in [0, 0.1) is 10.8 Å². The van der Waals surface area contributed by atoms with Crippen LogP contribution in [0.25, 0.3) is 6.08 Å². The van der Waals surface area contributed by atoms with Gasteiger partial charge in [0, 0.05) is 33.2 Å². The summed E-state index contributed by atoms with van der Waals surface area (Å²) in [5.41, 5.74) is 0.401. The van der Waals surface area contributed by atoms with Gasteiger partial charge in [0.05, 0.1) is 33.4 Å². The predicted octanol–water partition coefficient (Wildman–Crippen LogP) is 6.41. The number of hydrogen-bond acceptors (Lipinski definition) is 7. The van der Waals surface area contributed by atoms with Crippen molar-refractivity contribution in [1.29, 1.82) is 0 Å². The third-order valence-electron chi connectivity index (χ3n) is 8.82. The van der Waals surface area contributed by atoms with Crippen LogP contribution in [0.2, 0.25) is 5.02 Å². The lowest BCUT2D eigenvalue weighted by molar-refractivity contribution is -0.127. The number of ether oxygens (including phenoxy) is 3. The van der Waals surface area contributed by atoms with Crippen molar-refractivity contribution in [1.82, 2.24) is 0 Å². The molecule has 0 saturated carbocycles. The van der Waals surface area contributed by atoms with Gasteiger partial charge in [-0.2, -0.15) is 0 Å². The average molecular weight is 586 g/mol. The first kappa shape index (κ1) is 28.0. The van der Waals surface area contributed by atoms with Gasteiger partial charge < -0.3 is 19.1 Å². The van der Waals surface area contributed by atoms with Crippen LogP contribution >= 0.6 is 11.6 Å². The normalized spacial score (nSPS) is 21.7. The molecule has 0 unspecified atom stereocenters. The molecule has 6 rings (SSSR count). The summed E-state index contributed by atoms with van der Waals surface area (Å²) in [6.45, 7) is 5.57. The Hall–Kier alpha value is -4.10. The van der Waals surface area contributed by atoms with E-state index in [2.05, 4.69) is 0 Å². The Morgan fingerprint density at radius 2 is 1.48 bits per heavy atom. The summed E-state index contributed by atoms with van der Waals surface area (Å²) < 4.78 is 17.0. The van der Waals surface area contributed by atoms with Crippen molar-refractivity contribution >= 4 is 40.7 Å². The molecule has 3 atom stereocenters. The lowest BCUT2D eigenvalue weighted by Gasteiger charge is -2.38. The number of Topliss-reactive ketones (excluding diaryl/α,β-unsaturated/α-hetero) is 3. The lowest BCUT2D eigenvalue weighted by atomic mass is 9.63. The molecule has 2 aliphatic heterocycles. The number of hydrogen-bond donors (Lipinski definition) is 0. The quantitative estimate of drug-likeness (QED) is 0.320. The van der Waals surface area contributed by atoms with Gasteiger partial charge in [-0.1, -0.05) is 68.8 Å². The number of anilines is 1. The molecule has 8 heteroatoms. The van der Waals surface area contributed by atoms with Gasteiger partial charge in [0.15, 0.2) is 28.8 Å². The Balaban J connectivity index is 1.73. The van der Waals surface area contributed by atoms with Crippen molar-refractivity contribution in [3.8, 4) is 17.2 Å². The molecule has 0 N–H and O–H groups in total. The average Bonchev–Trinajstić information content (AvgIpc) is 3.41. The van der Waals surface area contributed by atoms with Gasteiger partial charge >= 0.3 is 0 Å². The van der Waals surface area contributed by atoms with Crippen LogP contribution in [0.4, 0.5) is 5.69 Å². The fourth-order valence-corrected chi connectivity index (χ4v) is 7.23. The first-order valence-corrected chi connectivity index (χ1v) is 14.2. The minimum atomic E-state index is -1.63. The second-order valence-corrected chi connectivity index (χ2v) is 12.4. The molecule has 42 heavy (non-hydrogen) atoms. The number of ketones is 3. The minimum absolute atomic E-state index is 0.101. The zero-order valence-corrected chi connectivity index (χ0v) is 25.1. The third kappa shape index (κ3) is 3.69. The van der Waals surface area contributed by atoms with Crippen LogP contribution < -0.4 is 19.1 Å². The maximum atomic E-state index is 14.8. The molecule has 0 bridgehead atoms. The highest BCUT2D eigenvalue weighted by atomic mass is 35.5. The molecule has 1 spiro atoms. The van der Waals surface area contributed by atoms with E-state index in [4.69, 9.17) is 25.8 Å². The van der Waals surface area contributed by atoms with Crippen molar-refractivity contribution in [3.05, 3.63) is 87.9 Å². The highest BCUT2D eigenvalue weighted by Crippen LogP contribution is 2.62. The molecule has 0 aromatic heterocycles. The summed E-state index contributed by atoms with van der Waals surface area (Å²) in [7, 11) is 4.53. The molecular formula is C34H32ClNO6. The van der Waals surface area contributed by atoms with Crippen LogP contribution in [0.15, 0.2) is 60.7 Å². The molecule has 1 saturated heterocycles. The summed E-state index contributed by atoms with van der Waals surface area (Å²) in [6.07, 6.45) is 3.77. The number of benzene rings is 3. The monoisotopic (exact) mass is 585 g/mol. The molecule has 2 heterocycles. The molecule has 0 radical (unpaired) electrons. The van der Waals surface area contributed by atoms with Gasteiger partial charge in [0.2, 0.25) is 5.75 Å². The molecule has 3 aliphatic rings. The Labute approximate surface area is 250 Å². The standard InChI is InChI=1S/C34H32ClNO6/c1-33(2,3)32(39)28-27(19-16-24(40-4)29(42-6)25(17-19)41-5)34(30(37)21-9-7-8-10-22(21)31(34)38)26-14-11-18-15-20(35)12-13-23(18)36(26)28/h7-17,26-28H,1-6H3/t26-,27-,28+/m0/s1. The van der Waals surface area contributed by atoms with Gasteiger partial charge in [-0.25, -0.2) is 0 Å². The molecular weight excluding hydrogens is 554 g/mol. The number of halogens is 1. The predicted molar refractivity (Wildman–Crippen MR) is 161 cm³/mol. The summed E-state index contributed by atoms with van der Waals surface area (Å²) in [6, 6.07) is 14.3. The summed E-state index contributed by atoms with van der Waals surface area (Å²) in [4.78, 5) is 46.2. The van der Waals surface area contributed by atoms with E-state index >= 15 is 0 Å². The molecule has 3 aromatic rings. The largest absolute Gasteiger partial charge is 0.493 e. The Morgan fingerprint density at radius 3 is 2.00 bits per heavy atom. The van der Waals surface area contributed by atoms with Crippen LogP contribution in [0.3, 0.4) is 0 Å². The summed E-state index contributed by atoms with van der Waals surface area (Å²) >= 11 is 6.37. The van der Waals surface area contributed by atoms with Gasteiger partial charge in [-0.15, -0.1) is 0 Å². The van der Waals surface area contributed by atoms with Gasteiger partial charge in [0.25, 0.3) is 0 Å². The number of carbonyl (C=O) groups excluding carboxylic acids is 3. The molecule has 3 aromatic carbocycles. The van der Waals surface area contributed by atoms with E-state index in [1.807, 2.05) is 50.0 Å². The molecule has 1 aliphatic carbocycles. The van der Waals surface area contributed by atoms with E-state index in [1.54, 1.807) is 42.5 Å². The van der Waals surface area contributed by atoms with E-state index in [0.717, 1.165) is 11.3 Å².